The molecular formula is C30H33ClFN3O2. The Kier molecular flexibility index (Phi) is 8.08. The third kappa shape index (κ3) is 6.15. The van der Waals surface area contributed by atoms with Gasteiger partial charge in [0.1, 0.15) is 17.3 Å². The molecule has 3 aromatic rings. The van der Waals surface area contributed by atoms with E-state index >= 15 is 0 Å². The van der Waals surface area contributed by atoms with E-state index in [1.54, 1.807) is 6.07 Å². The highest BCUT2D eigenvalue weighted by Gasteiger charge is 2.42. The van der Waals surface area contributed by atoms with Gasteiger partial charge in [0.25, 0.3) is 0 Å². The van der Waals surface area contributed by atoms with Crippen LogP contribution in [0.15, 0.2) is 72.8 Å². The smallest absolute Gasteiger partial charge is 0.230 e. The molecule has 2 aliphatic heterocycles. The molecule has 194 valence electrons. The Morgan fingerprint density at radius 2 is 1.78 bits per heavy atom. The summed E-state index contributed by atoms with van der Waals surface area (Å²) in [7, 11) is 0. The normalized spacial score (nSPS) is 18.3. The van der Waals surface area contributed by atoms with Crippen molar-refractivity contribution in [2.45, 2.75) is 43.7 Å². The number of ether oxygens (including phenoxy) is 1. The first kappa shape index (κ1) is 25.7. The van der Waals surface area contributed by atoms with Crippen molar-refractivity contribution in [3.8, 4) is 11.5 Å². The van der Waals surface area contributed by atoms with Crippen LogP contribution in [-0.2, 0) is 16.8 Å². The van der Waals surface area contributed by atoms with Crippen LogP contribution in [0.2, 0.25) is 5.02 Å². The first-order valence-corrected chi connectivity index (χ1v) is 13.4. The maximum absolute atomic E-state index is 14.0. The number of likely N-dealkylation sites (tertiary alicyclic amines) is 1. The average molecular weight is 522 g/mol. The van der Waals surface area contributed by atoms with Gasteiger partial charge in [-0.15, -0.1) is 0 Å². The van der Waals surface area contributed by atoms with Crippen molar-refractivity contribution in [1.82, 2.24) is 15.5 Å². The molecule has 0 aromatic heterocycles. The zero-order valence-corrected chi connectivity index (χ0v) is 21.6. The van der Waals surface area contributed by atoms with E-state index in [2.05, 4.69) is 27.7 Å². The van der Waals surface area contributed by atoms with Crippen LogP contribution in [0.3, 0.4) is 0 Å². The quantitative estimate of drug-likeness (QED) is 0.420. The molecule has 2 N–H and O–H groups in total. The Hall–Kier alpha value is -2.93. The van der Waals surface area contributed by atoms with E-state index in [0.29, 0.717) is 23.6 Å². The number of amides is 1. The van der Waals surface area contributed by atoms with E-state index in [1.807, 2.05) is 42.5 Å². The van der Waals surface area contributed by atoms with Crippen LogP contribution in [0.5, 0.6) is 11.5 Å². The topological polar surface area (TPSA) is 53.6 Å². The summed E-state index contributed by atoms with van der Waals surface area (Å²) in [5.74, 6) is 1.14. The van der Waals surface area contributed by atoms with Gasteiger partial charge in [-0.05, 0) is 86.3 Å². The number of hydrogen-bond donors (Lipinski definition) is 2. The van der Waals surface area contributed by atoms with E-state index < -0.39 is 5.41 Å². The van der Waals surface area contributed by atoms with Gasteiger partial charge in [0.15, 0.2) is 0 Å². The lowest BCUT2D eigenvalue weighted by Gasteiger charge is -2.39. The Labute approximate surface area is 223 Å². The molecule has 0 atom stereocenters. The number of para-hydroxylation sites is 1. The molecule has 0 radical (unpaired) electrons. The molecular weight excluding hydrogens is 489 g/mol. The Bertz CT molecular complexity index is 1220. The summed E-state index contributed by atoms with van der Waals surface area (Å²) in [5, 5.41) is 7.24. The second-order valence-electron chi connectivity index (χ2n) is 10.0. The van der Waals surface area contributed by atoms with Gasteiger partial charge >= 0.3 is 0 Å². The molecule has 2 heterocycles. The molecule has 0 saturated carbocycles. The summed E-state index contributed by atoms with van der Waals surface area (Å²) in [5.41, 5.74) is 1.28. The standard InChI is InChI=1S/C30H33ClFN3O2/c31-27-9-1-2-10-28(27)37-26-8-3-5-22(19-26)21-35-17-11-25(12-18-35)34-29(36)30(13-15-33-16-14-30)23-6-4-7-24(32)20-23/h1-10,19-20,25,33H,11-18,21H2,(H,34,36). The van der Waals surface area contributed by atoms with Crippen molar-refractivity contribution >= 4 is 17.5 Å². The monoisotopic (exact) mass is 521 g/mol. The van der Waals surface area contributed by atoms with Crippen molar-refractivity contribution in [3.05, 3.63) is 94.8 Å². The van der Waals surface area contributed by atoms with Crippen LogP contribution < -0.4 is 15.4 Å². The number of piperidine rings is 2. The summed E-state index contributed by atoms with van der Waals surface area (Å²) >= 11 is 6.24. The Morgan fingerprint density at radius 1 is 1.03 bits per heavy atom. The summed E-state index contributed by atoms with van der Waals surface area (Å²) in [6, 6.07) is 22.2. The minimum absolute atomic E-state index is 0.0301. The van der Waals surface area contributed by atoms with E-state index in [1.165, 1.54) is 17.7 Å². The van der Waals surface area contributed by atoms with Crippen LogP contribution in [0.1, 0.15) is 36.8 Å². The van der Waals surface area contributed by atoms with E-state index in [-0.39, 0.29) is 17.8 Å². The number of nitrogens with one attached hydrogen (secondary N) is 2. The molecule has 0 spiro atoms. The largest absolute Gasteiger partial charge is 0.456 e. The molecule has 0 bridgehead atoms. The van der Waals surface area contributed by atoms with Crippen LogP contribution in [0.25, 0.3) is 0 Å². The summed E-state index contributed by atoms with van der Waals surface area (Å²) < 4.78 is 20.0. The Balaban J connectivity index is 1.17. The fourth-order valence-electron chi connectivity index (χ4n) is 5.47. The van der Waals surface area contributed by atoms with Gasteiger partial charge in [0.2, 0.25) is 5.91 Å². The lowest BCUT2D eigenvalue weighted by Crippen LogP contribution is -2.54. The van der Waals surface area contributed by atoms with E-state index in [9.17, 15) is 9.18 Å². The molecule has 0 aliphatic carbocycles. The van der Waals surface area contributed by atoms with Crippen molar-refractivity contribution < 1.29 is 13.9 Å². The molecule has 2 aliphatic rings. The van der Waals surface area contributed by atoms with Crippen LogP contribution in [0.4, 0.5) is 4.39 Å². The van der Waals surface area contributed by atoms with Crippen molar-refractivity contribution in [2.24, 2.45) is 0 Å². The lowest BCUT2D eigenvalue weighted by molar-refractivity contribution is -0.129. The second kappa shape index (κ2) is 11.6. The van der Waals surface area contributed by atoms with Gasteiger partial charge in [0.05, 0.1) is 10.4 Å². The highest BCUT2D eigenvalue weighted by molar-refractivity contribution is 6.32. The lowest BCUT2D eigenvalue weighted by atomic mass is 9.72. The minimum atomic E-state index is -0.674. The van der Waals surface area contributed by atoms with E-state index in [0.717, 1.165) is 56.9 Å². The number of benzene rings is 3. The van der Waals surface area contributed by atoms with Gasteiger partial charge in [-0.25, -0.2) is 4.39 Å². The molecule has 0 unspecified atom stereocenters. The van der Waals surface area contributed by atoms with Gasteiger partial charge in [-0.1, -0.05) is 48.0 Å². The second-order valence-corrected chi connectivity index (χ2v) is 10.5. The van der Waals surface area contributed by atoms with Gasteiger partial charge < -0.3 is 15.4 Å². The van der Waals surface area contributed by atoms with Crippen molar-refractivity contribution in [2.75, 3.05) is 26.2 Å². The average Bonchev–Trinajstić information content (AvgIpc) is 2.92. The zero-order chi connectivity index (χ0) is 25.7. The fraction of sp³-hybridized carbons (Fsp3) is 0.367. The molecule has 3 aromatic carbocycles. The molecule has 2 saturated heterocycles. The Morgan fingerprint density at radius 3 is 2.54 bits per heavy atom. The molecule has 2 fully saturated rings. The predicted octanol–water partition coefficient (Wildman–Crippen LogP) is 5.67. The SMILES string of the molecule is O=C(NC1CCN(Cc2cccc(Oc3ccccc3Cl)c2)CC1)C1(c2cccc(F)c2)CCNCC1. The number of carbonyl (C=O) groups excluding carboxylic acids is 1. The third-order valence-electron chi connectivity index (χ3n) is 7.56. The van der Waals surface area contributed by atoms with Crippen LogP contribution >= 0.6 is 11.6 Å². The summed E-state index contributed by atoms with van der Waals surface area (Å²) in [4.78, 5) is 16.0. The molecule has 5 nitrogen and oxygen atoms in total. The van der Waals surface area contributed by atoms with Gasteiger partial charge in [-0.3, -0.25) is 9.69 Å². The number of halogens is 2. The maximum Gasteiger partial charge on any atom is 0.230 e. The van der Waals surface area contributed by atoms with Gasteiger partial charge in [-0.2, -0.15) is 0 Å². The molecule has 7 heteroatoms. The zero-order valence-electron chi connectivity index (χ0n) is 20.9. The first-order chi connectivity index (χ1) is 18.0. The molecule has 5 rings (SSSR count). The molecule has 37 heavy (non-hydrogen) atoms. The summed E-state index contributed by atoms with van der Waals surface area (Å²) in [6.45, 7) is 4.12. The molecule has 1 amide bonds. The van der Waals surface area contributed by atoms with Crippen molar-refractivity contribution in [1.29, 1.82) is 0 Å². The number of carbonyl (C=O) groups is 1. The van der Waals surface area contributed by atoms with Crippen LogP contribution in [-0.4, -0.2) is 43.0 Å². The summed E-state index contributed by atoms with van der Waals surface area (Å²) in [6.07, 6.45) is 3.12. The fourth-order valence-corrected chi connectivity index (χ4v) is 5.64. The third-order valence-corrected chi connectivity index (χ3v) is 7.87. The predicted molar refractivity (Wildman–Crippen MR) is 145 cm³/mol. The number of rotatable bonds is 7. The van der Waals surface area contributed by atoms with Crippen molar-refractivity contribution in [3.63, 3.8) is 0 Å². The highest BCUT2D eigenvalue weighted by Crippen LogP contribution is 2.35. The number of nitrogens with zero attached hydrogens (tertiary/aromatic N) is 1. The first-order valence-electron chi connectivity index (χ1n) is 13.0. The maximum atomic E-state index is 14.0. The highest BCUT2D eigenvalue weighted by atomic mass is 35.5. The minimum Gasteiger partial charge on any atom is -0.456 e. The van der Waals surface area contributed by atoms with E-state index in [4.69, 9.17) is 16.3 Å². The van der Waals surface area contributed by atoms with Gasteiger partial charge in [0, 0.05) is 25.7 Å². The van der Waals surface area contributed by atoms with Crippen LogP contribution in [0, 0.1) is 5.82 Å². The number of hydrogen-bond acceptors (Lipinski definition) is 4.